The Morgan fingerprint density at radius 1 is 1.60 bits per heavy atom. The number of hydrogen-bond acceptors (Lipinski definition) is 0. The van der Waals surface area contributed by atoms with E-state index in [4.69, 9.17) is 0 Å². The Morgan fingerprint density at radius 2 is 2.50 bits per heavy atom. The van der Waals surface area contributed by atoms with E-state index in [1.54, 1.807) is 0 Å². The summed E-state index contributed by atoms with van der Waals surface area (Å²) < 4.78 is 0. The maximum absolute atomic E-state index is 2.44. The fraction of sp³-hybridized carbons (Fsp3) is 0.700. The smallest absolute Gasteiger partial charge is 0.0322 e. The summed E-state index contributed by atoms with van der Waals surface area (Å²) in [5.74, 6) is 0.963. The van der Waals surface area contributed by atoms with E-state index >= 15 is 0 Å². The predicted octanol–water partition coefficient (Wildman–Crippen LogP) is 3.35. The summed E-state index contributed by atoms with van der Waals surface area (Å²) in [5.41, 5.74) is 0. The molecule has 0 heteroatoms. The molecule has 1 aliphatic rings. The summed E-state index contributed by atoms with van der Waals surface area (Å²) in [4.78, 5) is 0. The molecule has 0 aromatic heterocycles. The van der Waals surface area contributed by atoms with Gasteiger partial charge in [0.2, 0.25) is 0 Å². The highest BCUT2D eigenvalue weighted by molar-refractivity contribution is 4.85. The Bertz CT molecular complexity index is 96.6. The summed E-state index contributed by atoms with van der Waals surface area (Å²) in [6.07, 6.45) is 13.8. The molecule has 10 heavy (non-hydrogen) atoms. The largest absolute Gasteiger partial charge is 0.0917 e. The molecule has 0 nitrogen and oxygen atoms in total. The lowest BCUT2D eigenvalue weighted by molar-refractivity contribution is 0.418. The molecule has 1 radical (unpaired) electrons. The zero-order chi connectivity index (χ0) is 7.23. The SMILES string of the molecule is CC=CCC1C[CH]CCC1. The van der Waals surface area contributed by atoms with Gasteiger partial charge in [-0.15, -0.1) is 0 Å². The minimum absolute atomic E-state index is 0.963. The van der Waals surface area contributed by atoms with Crippen molar-refractivity contribution in [1.82, 2.24) is 0 Å². The van der Waals surface area contributed by atoms with Gasteiger partial charge in [0.1, 0.15) is 0 Å². The second-order valence-electron chi connectivity index (χ2n) is 3.13. The Kier molecular flexibility index (Phi) is 3.56. The molecule has 0 bridgehead atoms. The van der Waals surface area contributed by atoms with Crippen LogP contribution in [0.1, 0.15) is 39.0 Å². The number of allylic oxidation sites excluding steroid dienone is 2. The van der Waals surface area contributed by atoms with Gasteiger partial charge in [-0.25, -0.2) is 0 Å². The highest BCUT2D eigenvalue weighted by atomic mass is 14.2. The molecular formula is C10H17. The molecule has 57 valence electrons. The van der Waals surface area contributed by atoms with Gasteiger partial charge in [0.05, 0.1) is 0 Å². The molecule has 1 aliphatic carbocycles. The van der Waals surface area contributed by atoms with Crippen LogP contribution in [0.4, 0.5) is 0 Å². The van der Waals surface area contributed by atoms with E-state index in [9.17, 15) is 0 Å². The van der Waals surface area contributed by atoms with Crippen LogP contribution in [0.15, 0.2) is 12.2 Å². The second-order valence-corrected chi connectivity index (χ2v) is 3.13. The second kappa shape index (κ2) is 4.54. The normalized spacial score (nSPS) is 22.1. The van der Waals surface area contributed by atoms with Gasteiger partial charge in [0, 0.05) is 0 Å². The Labute approximate surface area is 64.3 Å². The Morgan fingerprint density at radius 3 is 3.10 bits per heavy atom. The molecule has 1 unspecified atom stereocenters. The standard InChI is InChI=1S/C10H17/c1-2-3-7-10-8-5-4-6-9-10/h2-3,5,10H,4,6-9H2,1H3. The van der Waals surface area contributed by atoms with Gasteiger partial charge < -0.3 is 0 Å². The minimum Gasteiger partial charge on any atom is -0.0917 e. The van der Waals surface area contributed by atoms with Crippen molar-refractivity contribution >= 4 is 0 Å². The fourth-order valence-electron chi connectivity index (χ4n) is 1.56. The van der Waals surface area contributed by atoms with Crippen molar-refractivity contribution in [3.05, 3.63) is 18.6 Å². The maximum Gasteiger partial charge on any atom is -0.0322 e. The van der Waals surface area contributed by atoms with E-state index in [2.05, 4.69) is 25.5 Å². The average Bonchev–Trinajstić information content (AvgIpc) is 2.03. The van der Waals surface area contributed by atoms with Gasteiger partial charge >= 0.3 is 0 Å². The molecule has 0 spiro atoms. The summed E-state index contributed by atoms with van der Waals surface area (Å²) in [7, 11) is 0. The first-order chi connectivity index (χ1) is 4.93. The Hall–Kier alpha value is -0.260. The van der Waals surface area contributed by atoms with Crippen LogP contribution in [-0.2, 0) is 0 Å². The maximum atomic E-state index is 2.44. The summed E-state index contributed by atoms with van der Waals surface area (Å²) in [6.45, 7) is 2.10. The van der Waals surface area contributed by atoms with Crippen LogP contribution in [0.3, 0.4) is 0 Å². The van der Waals surface area contributed by atoms with Crippen molar-refractivity contribution in [3.8, 4) is 0 Å². The minimum atomic E-state index is 0.963. The van der Waals surface area contributed by atoms with Crippen LogP contribution in [0.2, 0.25) is 0 Å². The average molecular weight is 137 g/mol. The van der Waals surface area contributed by atoms with Gasteiger partial charge in [-0.1, -0.05) is 31.4 Å². The van der Waals surface area contributed by atoms with Crippen molar-refractivity contribution in [2.24, 2.45) is 5.92 Å². The third-order valence-corrected chi connectivity index (χ3v) is 2.23. The zero-order valence-electron chi connectivity index (χ0n) is 6.84. The highest BCUT2D eigenvalue weighted by Gasteiger charge is 2.10. The quantitative estimate of drug-likeness (QED) is 0.512. The molecule has 1 rings (SSSR count). The van der Waals surface area contributed by atoms with Crippen molar-refractivity contribution < 1.29 is 0 Å². The van der Waals surface area contributed by atoms with Gasteiger partial charge in [-0.3, -0.25) is 0 Å². The molecule has 0 heterocycles. The molecule has 1 fully saturated rings. The van der Waals surface area contributed by atoms with E-state index in [1.807, 2.05) is 0 Å². The van der Waals surface area contributed by atoms with E-state index in [-0.39, 0.29) is 0 Å². The molecule has 0 aromatic carbocycles. The van der Waals surface area contributed by atoms with Crippen LogP contribution in [0.25, 0.3) is 0 Å². The molecule has 0 amide bonds. The molecule has 0 aliphatic heterocycles. The van der Waals surface area contributed by atoms with E-state index in [0.717, 1.165) is 5.92 Å². The van der Waals surface area contributed by atoms with Crippen LogP contribution in [0, 0.1) is 12.3 Å². The van der Waals surface area contributed by atoms with Crippen LogP contribution >= 0.6 is 0 Å². The van der Waals surface area contributed by atoms with Crippen LogP contribution in [-0.4, -0.2) is 0 Å². The van der Waals surface area contributed by atoms with Gasteiger partial charge in [-0.05, 0) is 32.1 Å². The lowest BCUT2D eigenvalue weighted by Crippen LogP contribution is -2.04. The fourth-order valence-corrected chi connectivity index (χ4v) is 1.56. The Balaban J connectivity index is 2.13. The van der Waals surface area contributed by atoms with E-state index in [0.29, 0.717) is 0 Å². The van der Waals surface area contributed by atoms with E-state index in [1.165, 1.54) is 32.1 Å². The summed E-state index contributed by atoms with van der Waals surface area (Å²) >= 11 is 0. The zero-order valence-corrected chi connectivity index (χ0v) is 6.84. The molecule has 1 atom stereocenters. The molecular weight excluding hydrogens is 120 g/mol. The van der Waals surface area contributed by atoms with Crippen LogP contribution in [0.5, 0.6) is 0 Å². The first-order valence-corrected chi connectivity index (χ1v) is 4.36. The summed E-state index contributed by atoms with van der Waals surface area (Å²) in [6, 6.07) is 0. The van der Waals surface area contributed by atoms with E-state index < -0.39 is 0 Å². The van der Waals surface area contributed by atoms with Crippen LogP contribution < -0.4 is 0 Å². The van der Waals surface area contributed by atoms with Gasteiger partial charge in [0.25, 0.3) is 0 Å². The monoisotopic (exact) mass is 137 g/mol. The van der Waals surface area contributed by atoms with Crippen molar-refractivity contribution in [2.75, 3.05) is 0 Å². The van der Waals surface area contributed by atoms with Gasteiger partial charge in [-0.2, -0.15) is 0 Å². The number of hydrogen-bond donors (Lipinski definition) is 0. The molecule has 0 aromatic rings. The van der Waals surface area contributed by atoms with Crippen molar-refractivity contribution in [1.29, 1.82) is 0 Å². The predicted molar refractivity (Wildman–Crippen MR) is 45.7 cm³/mol. The molecule has 1 saturated carbocycles. The van der Waals surface area contributed by atoms with Gasteiger partial charge in [0.15, 0.2) is 0 Å². The summed E-state index contributed by atoms with van der Waals surface area (Å²) in [5, 5.41) is 0. The molecule has 0 N–H and O–H groups in total. The third kappa shape index (κ3) is 2.55. The lowest BCUT2D eigenvalue weighted by atomic mass is 9.87. The lowest BCUT2D eigenvalue weighted by Gasteiger charge is -2.19. The third-order valence-electron chi connectivity index (χ3n) is 2.23. The number of rotatable bonds is 2. The first kappa shape index (κ1) is 7.84. The molecule has 0 saturated heterocycles. The van der Waals surface area contributed by atoms with Crippen molar-refractivity contribution in [3.63, 3.8) is 0 Å². The highest BCUT2D eigenvalue weighted by Crippen LogP contribution is 2.25. The van der Waals surface area contributed by atoms with Crippen molar-refractivity contribution in [2.45, 2.75) is 39.0 Å². The first-order valence-electron chi connectivity index (χ1n) is 4.36. The topological polar surface area (TPSA) is 0 Å².